The summed E-state index contributed by atoms with van der Waals surface area (Å²) in [6.45, 7) is 5.00. The van der Waals surface area contributed by atoms with Gasteiger partial charge in [0.15, 0.2) is 0 Å². The van der Waals surface area contributed by atoms with Crippen molar-refractivity contribution >= 4 is 0 Å². The molecule has 0 heterocycles. The first-order valence-corrected chi connectivity index (χ1v) is 6.22. The Bertz CT molecular complexity index is 168. The third kappa shape index (κ3) is 1.33. The predicted octanol–water partition coefficient (Wildman–Crippen LogP) is 4.54. The van der Waals surface area contributed by atoms with E-state index < -0.39 is 0 Å². The summed E-state index contributed by atoms with van der Waals surface area (Å²) in [6, 6.07) is 0. The highest BCUT2D eigenvalue weighted by Gasteiger charge is 2.48. The standard InChI is InChI=1S/C13H24/c1-3-13(10-6-7-11-13)12(2)8-4-5-9-12/h3-11H2,1-2H3. The molecule has 2 aliphatic carbocycles. The summed E-state index contributed by atoms with van der Waals surface area (Å²) >= 11 is 0. The molecule has 2 saturated carbocycles. The van der Waals surface area contributed by atoms with Gasteiger partial charge in [-0.05, 0) is 42.9 Å². The van der Waals surface area contributed by atoms with Crippen molar-refractivity contribution < 1.29 is 0 Å². The molecule has 2 aliphatic rings. The average molecular weight is 180 g/mol. The first kappa shape index (κ1) is 9.55. The Hall–Kier alpha value is 0. The summed E-state index contributed by atoms with van der Waals surface area (Å²) in [5.41, 5.74) is 1.47. The van der Waals surface area contributed by atoms with E-state index in [2.05, 4.69) is 13.8 Å². The van der Waals surface area contributed by atoms with E-state index in [4.69, 9.17) is 0 Å². The van der Waals surface area contributed by atoms with Crippen LogP contribution < -0.4 is 0 Å². The van der Waals surface area contributed by atoms with Crippen molar-refractivity contribution in [3.05, 3.63) is 0 Å². The molecule has 0 aromatic carbocycles. The first-order valence-electron chi connectivity index (χ1n) is 6.22. The van der Waals surface area contributed by atoms with Crippen LogP contribution in [0.4, 0.5) is 0 Å². The average Bonchev–Trinajstić information content (AvgIpc) is 2.73. The van der Waals surface area contributed by atoms with Crippen molar-refractivity contribution in [1.82, 2.24) is 0 Å². The van der Waals surface area contributed by atoms with Gasteiger partial charge in [0, 0.05) is 0 Å². The Balaban J connectivity index is 2.18. The molecule has 0 amide bonds. The van der Waals surface area contributed by atoms with Crippen LogP contribution in [0.25, 0.3) is 0 Å². The Kier molecular flexibility index (Phi) is 2.42. The van der Waals surface area contributed by atoms with Gasteiger partial charge in [-0.2, -0.15) is 0 Å². The van der Waals surface area contributed by atoms with E-state index in [9.17, 15) is 0 Å². The Morgan fingerprint density at radius 1 is 0.846 bits per heavy atom. The maximum atomic E-state index is 2.58. The summed E-state index contributed by atoms with van der Waals surface area (Å²) in [7, 11) is 0. The van der Waals surface area contributed by atoms with Crippen LogP contribution in [0.15, 0.2) is 0 Å². The summed E-state index contributed by atoms with van der Waals surface area (Å²) in [6.07, 6.45) is 13.5. The fourth-order valence-corrected chi connectivity index (χ4v) is 4.12. The highest BCUT2D eigenvalue weighted by molar-refractivity contribution is 4.99. The zero-order valence-electron chi connectivity index (χ0n) is 9.36. The topological polar surface area (TPSA) is 0 Å². The Labute approximate surface area is 83.1 Å². The molecule has 0 nitrogen and oxygen atoms in total. The lowest BCUT2D eigenvalue weighted by Gasteiger charge is -2.44. The molecule has 2 rings (SSSR count). The van der Waals surface area contributed by atoms with E-state index in [0.717, 1.165) is 10.8 Å². The van der Waals surface area contributed by atoms with Crippen molar-refractivity contribution in [1.29, 1.82) is 0 Å². The Morgan fingerprint density at radius 2 is 1.31 bits per heavy atom. The second kappa shape index (κ2) is 3.29. The lowest BCUT2D eigenvalue weighted by Crippen LogP contribution is -2.35. The summed E-state index contributed by atoms with van der Waals surface area (Å²) in [5.74, 6) is 0. The molecule has 0 unspecified atom stereocenters. The van der Waals surface area contributed by atoms with E-state index in [-0.39, 0.29) is 0 Å². The van der Waals surface area contributed by atoms with Crippen LogP contribution in [-0.2, 0) is 0 Å². The zero-order chi connectivity index (χ0) is 9.36. The molecule has 0 aliphatic heterocycles. The maximum absolute atomic E-state index is 2.58. The summed E-state index contributed by atoms with van der Waals surface area (Å²) < 4.78 is 0. The minimum atomic E-state index is 0.720. The smallest absolute Gasteiger partial charge is 0.0246 e. The molecule has 0 bridgehead atoms. The van der Waals surface area contributed by atoms with E-state index in [1.165, 1.54) is 57.8 Å². The predicted molar refractivity (Wildman–Crippen MR) is 57.8 cm³/mol. The fourth-order valence-electron chi connectivity index (χ4n) is 4.12. The molecule has 0 spiro atoms. The van der Waals surface area contributed by atoms with Gasteiger partial charge in [-0.1, -0.05) is 39.5 Å². The zero-order valence-corrected chi connectivity index (χ0v) is 9.36. The molecular weight excluding hydrogens is 156 g/mol. The van der Waals surface area contributed by atoms with Crippen molar-refractivity contribution in [2.45, 2.75) is 71.6 Å². The van der Waals surface area contributed by atoms with Crippen LogP contribution in [0.2, 0.25) is 0 Å². The molecule has 76 valence electrons. The normalized spacial score (nSPS) is 30.9. The van der Waals surface area contributed by atoms with Gasteiger partial charge in [-0.15, -0.1) is 0 Å². The largest absolute Gasteiger partial charge is 0.0648 e. The van der Waals surface area contributed by atoms with Crippen molar-refractivity contribution in [2.75, 3.05) is 0 Å². The molecule has 13 heavy (non-hydrogen) atoms. The van der Waals surface area contributed by atoms with Gasteiger partial charge in [0.05, 0.1) is 0 Å². The van der Waals surface area contributed by atoms with Crippen LogP contribution in [0.3, 0.4) is 0 Å². The number of hydrogen-bond acceptors (Lipinski definition) is 0. The highest BCUT2D eigenvalue weighted by Crippen LogP contribution is 2.60. The summed E-state index contributed by atoms with van der Waals surface area (Å²) in [4.78, 5) is 0. The van der Waals surface area contributed by atoms with E-state index >= 15 is 0 Å². The van der Waals surface area contributed by atoms with E-state index in [0.29, 0.717) is 0 Å². The van der Waals surface area contributed by atoms with Gasteiger partial charge in [0.1, 0.15) is 0 Å². The fraction of sp³-hybridized carbons (Fsp3) is 1.00. The van der Waals surface area contributed by atoms with Crippen LogP contribution in [-0.4, -0.2) is 0 Å². The third-order valence-electron chi connectivity index (χ3n) is 5.22. The molecule has 0 saturated heterocycles. The van der Waals surface area contributed by atoms with Gasteiger partial charge in [0.25, 0.3) is 0 Å². The lowest BCUT2D eigenvalue weighted by molar-refractivity contribution is 0.0570. The van der Waals surface area contributed by atoms with Gasteiger partial charge in [0.2, 0.25) is 0 Å². The van der Waals surface area contributed by atoms with Crippen LogP contribution >= 0.6 is 0 Å². The SMILES string of the molecule is CCC1(C2(C)CCCC2)CCCC1. The number of hydrogen-bond donors (Lipinski definition) is 0. The molecule has 0 heteroatoms. The lowest BCUT2D eigenvalue weighted by atomic mass is 9.61. The van der Waals surface area contributed by atoms with Gasteiger partial charge in [-0.3, -0.25) is 0 Å². The van der Waals surface area contributed by atoms with E-state index in [1.807, 2.05) is 0 Å². The van der Waals surface area contributed by atoms with Gasteiger partial charge >= 0.3 is 0 Å². The Morgan fingerprint density at radius 3 is 1.77 bits per heavy atom. The second-order valence-electron chi connectivity index (χ2n) is 5.61. The molecule has 2 fully saturated rings. The van der Waals surface area contributed by atoms with Crippen molar-refractivity contribution in [3.8, 4) is 0 Å². The maximum Gasteiger partial charge on any atom is -0.0246 e. The molecule has 0 radical (unpaired) electrons. The number of rotatable bonds is 2. The molecule has 0 aromatic heterocycles. The van der Waals surface area contributed by atoms with Crippen LogP contribution in [0, 0.1) is 10.8 Å². The minimum absolute atomic E-state index is 0.720. The minimum Gasteiger partial charge on any atom is -0.0648 e. The highest BCUT2D eigenvalue weighted by atomic mass is 14.5. The summed E-state index contributed by atoms with van der Waals surface area (Å²) in [5, 5.41) is 0. The molecule has 0 aromatic rings. The van der Waals surface area contributed by atoms with Crippen LogP contribution in [0.5, 0.6) is 0 Å². The van der Waals surface area contributed by atoms with Crippen molar-refractivity contribution in [3.63, 3.8) is 0 Å². The molecule has 0 atom stereocenters. The van der Waals surface area contributed by atoms with Crippen LogP contribution in [0.1, 0.15) is 71.6 Å². The molecular formula is C13H24. The quantitative estimate of drug-likeness (QED) is 0.585. The third-order valence-corrected chi connectivity index (χ3v) is 5.22. The van der Waals surface area contributed by atoms with E-state index in [1.54, 1.807) is 0 Å². The van der Waals surface area contributed by atoms with Gasteiger partial charge in [-0.25, -0.2) is 0 Å². The monoisotopic (exact) mass is 180 g/mol. The van der Waals surface area contributed by atoms with Gasteiger partial charge < -0.3 is 0 Å². The first-order chi connectivity index (χ1) is 6.22. The molecule has 0 N–H and O–H groups in total. The van der Waals surface area contributed by atoms with Crippen molar-refractivity contribution in [2.24, 2.45) is 10.8 Å². The second-order valence-corrected chi connectivity index (χ2v) is 5.61.